The number of amides is 1. The number of carbonyl (C=O) groups excluding carboxylic acids is 1. The number of aromatic nitrogens is 3. The third kappa shape index (κ3) is 5.86. The van der Waals surface area contributed by atoms with Crippen molar-refractivity contribution >= 4 is 80.7 Å². The number of thioether (sulfide) groups is 1. The molecule has 0 aliphatic carbocycles. The number of rotatable bonds is 7. The number of hydrazone groups is 1. The van der Waals surface area contributed by atoms with E-state index < -0.39 is 0 Å². The van der Waals surface area contributed by atoms with Gasteiger partial charge in [0.25, 0.3) is 11.7 Å². The van der Waals surface area contributed by atoms with Crippen LogP contribution >= 0.6 is 68.5 Å². The second-order valence-corrected chi connectivity index (χ2v) is 9.78. The minimum Gasteiger partial charge on any atom is -0.871 e. The van der Waals surface area contributed by atoms with Crippen LogP contribution in [0.4, 0.5) is 0 Å². The van der Waals surface area contributed by atoms with Crippen LogP contribution in [0.1, 0.15) is 12.5 Å². The summed E-state index contributed by atoms with van der Waals surface area (Å²) in [6.07, 6.45) is 1.37. The molecular weight excluding hydrogens is 652 g/mol. The average molecular weight is 668 g/mol. The quantitative estimate of drug-likeness (QED) is 0.133. The third-order valence-corrected chi connectivity index (χ3v) is 6.61. The Morgan fingerprint density at radius 3 is 2.80 bits per heavy atom. The van der Waals surface area contributed by atoms with Crippen LogP contribution in [0, 0.1) is 7.14 Å². The van der Waals surface area contributed by atoms with E-state index in [2.05, 4.69) is 43.3 Å². The van der Waals surface area contributed by atoms with E-state index in [1.807, 2.05) is 58.3 Å². The van der Waals surface area contributed by atoms with Gasteiger partial charge < -0.3 is 5.11 Å². The first kappa shape index (κ1) is 23.3. The van der Waals surface area contributed by atoms with Crippen molar-refractivity contribution in [2.24, 2.45) is 5.10 Å². The topological polar surface area (TPSA) is 97.1 Å². The van der Waals surface area contributed by atoms with Gasteiger partial charge in [0.05, 0.1) is 29.2 Å². The number of nitrogens with one attached hydrogen (secondary N) is 2. The average Bonchev–Trinajstić information content (AvgIpc) is 3.13. The molecule has 0 fully saturated rings. The van der Waals surface area contributed by atoms with Crippen LogP contribution in [0.25, 0.3) is 11.4 Å². The number of halogens is 3. The van der Waals surface area contributed by atoms with E-state index in [-0.39, 0.29) is 17.4 Å². The molecule has 1 amide bonds. The summed E-state index contributed by atoms with van der Waals surface area (Å²) in [5.74, 6) is 0.573. The van der Waals surface area contributed by atoms with E-state index in [0.717, 1.165) is 15.0 Å². The van der Waals surface area contributed by atoms with Crippen molar-refractivity contribution < 1.29 is 14.5 Å². The first-order valence-corrected chi connectivity index (χ1v) is 12.3. The van der Waals surface area contributed by atoms with Gasteiger partial charge in [0.15, 0.2) is 0 Å². The lowest BCUT2D eigenvalue weighted by atomic mass is 10.2. The Kier molecular flexibility index (Phi) is 8.36. The van der Waals surface area contributed by atoms with Crippen LogP contribution in [0.15, 0.2) is 46.7 Å². The zero-order chi connectivity index (χ0) is 21.7. The number of aromatic amines is 1. The van der Waals surface area contributed by atoms with Gasteiger partial charge in [-0.3, -0.25) is 4.79 Å². The van der Waals surface area contributed by atoms with E-state index in [0.29, 0.717) is 25.9 Å². The first-order valence-electron chi connectivity index (χ1n) is 8.74. The zero-order valence-electron chi connectivity index (χ0n) is 15.7. The molecule has 30 heavy (non-hydrogen) atoms. The monoisotopic (exact) mass is 667 g/mol. The molecule has 11 heteroatoms. The Morgan fingerprint density at radius 1 is 1.37 bits per heavy atom. The van der Waals surface area contributed by atoms with Crippen molar-refractivity contribution in [1.82, 2.24) is 15.6 Å². The molecule has 3 rings (SSSR count). The first-order chi connectivity index (χ1) is 14.4. The summed E-state index contributed by atoms with van der Waals surface area (Å²) in [5.41, 5.74) is 3.84. The summed E-state index contributed by atoms with van der Waals surface area (Å²) in [4.78, 5) is 12.2. The maximum atomic E-state index is 12.2. The van der Waals surface area contributed by atoms with Crippen molar-refractivity contribution in [2.75, 3.05) is 5.75 Å². The van der Waals surface area contributed by atoms with Crippen molar-refractivity contribution in [3.05, 3.63) is 54.1 Å². The lowest BCUT2D eigenvalue weighted by molar-refractivity contribution is -0.719. The highest BCUT2D eigenvalue weighted by Gasteiger charge is 2.21. The van der Waals surface area contributed by atoms with Crippen molar-refractivity contribution in [2.45, 2.75) is 18.6 Å². The van der Waals surface area contributed by atoms with Crippen LogP contribution in [-0.4, -0.2) is 28.1 Å². The molecule has 0 aliphatic heterocycles. The van der Waals surface area contributed by atoms with E-state index in [1.165, 1.54) is 18.0 Å². The van der Waals surface area contributed by atoms with Gasteiger partial charge in [-0.05, 0) is 106 Å². The number of hydrogen-bond donors (Lipinski definition) is 2. The second-order valence-electron chi connectivity index (χ2n) is 5.99. The predicted molar refractivity (Wildman–Crippen MR) is 133 cm³/mol. The minimum atomic E-state index is -0.289. The predicted octanol–water partition coefficient (Wildman–Crippen LogP) is 3.56. The van der Waals surface area contributed by atoms with Gasteiger partial charge in [-0.2, -0.15) is 5.10 Å². The number of nitrogens with zero attached hydrogens (tertiary/aromatic N) is 3. The SMILES string of the molecule is CC[n+]1c(SCC(=O)N/N=C/c2cc(I)cc(I)c2[O-])n[nH]c1-c1ccc(Cl)cc1. The van der Waals surface area contributed by atoms with E-state index in [1.54, 1.807) is 12.1 Å². The molecule has 0 radical (unpaired) electrons. The summed E-state index contributed by atoms with van der Waals surface area (Å²) < 4.78 is 3.53. The highest BCUT2D eigenvalue weighted by molar-refractivity contribution is 14.1. The Bertz CT molecular complexity index is 1090. The number of carbonyl (C=O) groups is 1. The van der Waals surface area contributed by atoms with Gasteiger partial charge >= 0.3 is 5.16 Å². The van der Waals surface area contributed by atoms with E-state index >= 15 is 0 Å². The molecule has 1 aromatic heterocycles. The molecule has 7 nitrogen and oxygen atoms in total. The molecule has 0 saturated carbocycles. The van der Waals surface area contributed by atoms with Crippen molar-refractivity contribution in [3.63, 3.8) is 0 Å². The lowest BCUT2D eigenvalue weighted by Crippen LogP contribution is -2.36. The normalized spacial score (nSPS) is 11.2. The van der Waals surface area contributed by atoms with Gasteiger partial charge in [0.1, 0.15) is 0 Å². The van der Waals surface area contributed by atoms with E-state index in [9.17, 15) is 9.90 Å². The number of benzene rings is 2. The van der Waals surface area contributed by atoms with Gasteiger partial charge in [-0.25, -0.2) is 9.99 Å². The minimum absolute atomic E-state index is 0.112. The largest absolute Gasteiger partial charge is 0.871 e. The van der Waals surface area contributed by atoms with Crippen LogP contribution < -0.4 is 15.1 Å². The van der Waals surface area contributed by atoms with Crippen LogP contribution in [-0.2, 0) is 11.3 Å². The molecule has 2 aromatic carbocycles. The maximum absolute atomic E-state index is 12.2. The summed E-state index contributed by atoms with van der Waals surface area (Å²) in [7, 11) is 0. The summed E-state index contributed by atoms with van der Waals surface area (Å²) >= 11 is 11.4. The smallest absolute Gasteiger partial charge is 0.337 e. The standard InChI is InChI=1S/C19H16ClI2N5O2S/c1-2-27-18(11-3-5-13(20)6-4-11)25-26-19(27)30-10-16(28)24-23-9-12-7-14(21)8-15(22)17(12)29/h3-9H,2,10H2,1H3,(H2,23,24,28,29). The fraction of sp³-hybridized carbons (Fsp3) is 0.158. The molecule has 0 atom stereocenters. The molecule has 0 saturated heterocycles. The number of H-pyrrole nitrogens is 1. The highest BCUT2D eigenvalue weighted by Crippen LogP contribution is 2.23. The van der Waals surface area contributed by atoms with Gasteiger partial charge in [-0.1, -0.05) is 17.4 Å². The van der Waals surface area contributed by atoms with E-state index in [4.69, 9.17) is 11.6 Å². The Hall–Kier alpha value is -1.38. The van der Waals surface area contributed by atoms with Crippen LogP contribution in [0.5, 0.6) is 5.75 Å². The molecule has 156 valence electrons. The Labute approximate surface area is 210 Å². The molecule has 0 spiro atoms. The summed E-state index contributed by atoms with van der Waals surface area (Å²) in [5, 5.41) is 24.7. The molecule has 0 unspecified atom stereocenters. The van der Waals surface area contributed by atoms with Gasteiger partial charge in [-0.15, -0.1) is 5.10 Å². The lowest BCUT2D eigenvalue weighted by Gasteiger charge is -2.12. The van der Waals surface area contributed by atoms with Crippen LogP contribution in [0.3, 0.4) is 0 Å². The van der Waals surface area contributed by atoms with Crippen LogP contribution in [0.2, 0.25) is 5.02 Å². The fourth-order valence-corrected chi connectivity index (χ4v) is 5.39. The highest BCUT2D eigenvalue weighted by atomic mass is 127. The third-order valence-electron chi connectivity index (χ3n) is 3.95. The molecule has 0 aliphatic rings. The molecule has 0 bridgehead atoms. The van der Waals surface area contributed by atoms with Gasteiger partial charge in [0, 0.05) is 12.2 Å². The fourth-order valence-electron chi connectivity index (χ4n) is 2.56. The van der Waals surface area contributed by atoms with Crippen molar-refractivity contribution in [3.8, 4) is 17.1 Å². The second kappa shape index (κ2) is 10.8. The Balaban J connectivity index is 1.62. The van der Waals surface area contributed by atoms with Crippen molar-refractivity contribution in [1.29, 1.82) is 0 Å². The summed E-state index contributed by atoms with van der Waals surface area (Å²) in [6, 6.07) is 11.0. The zero-order valence-corrected chi connectivity index (χ0v) is 21.5. The Morgan fingerprint density at radius 2 is 2.10 bits per heavy atom. The molecule has 1 heterocycles. The summed E-state index contributed by atoms with van der Waals surface area (Å²) in [6.45, 7) is 2.70. The molecule has 2 N–H and O–H groups in total. The molecular formula is C19H16ClI2N5O2S. The molecule has 3 aromatic rings. The maximum Gasteiger partial charge on any atom is 0.337 e. The number of hydrogen-bond acceptors (Lipinski definition) is 5. The van der Waals surface area contributed by atoms with Gasteiger partial charge in [0.2, 0.25) is 0 Å².